The van der Waals surface area contributed by atoms with Gasteiger partial charge in [-0.2, -0.15) is 0 Å². The number of hydrogen-bond donors (Lipinski definition) is 3. The number of nitrogens with zero attached hydrogens (tertiary/aromatic N) is 1. The van der Waals surface area contributed by atoms with Crippen LogP contribution < -0.4 is 16.4 Å². The first-order chi connectivity index (χ1) is 10.5. The number of carbonyl (C=O) groups excluding carboxylic acids is 2. The number of nitro benzene ring substituents is 1. The lowest BCUT2D eigenvalue weighted by Gasteiger charge is -2.11. The van der Waals surface area contributed by atoms with Crippen LogP contribution in [0.2, 0.25) is 0 Å². The standard InChI is InChI=1S/C13H16N4O4S.ClH/c14-13(19)8-1-2-11(10(5-8)17(20)21)22-7-12(18)16-9-3-4-15-6-9;/h1-2,5,9,15H,3-4,6-7H2,(H2,14,19)(H,16,18);1H. The third kappa shape index (κ3) is 5.38. The number of hydrogen-bond acceptors (Lipinski definition) is 6. The molecule has 1 aliphatic heterocycles. The van der Waals surface area contributed by atoms with Gasteiger partial charge in [0.05, 0.1) is 15.6 Å². The maximum absolute atomic E-state index is 11.8. The van der Waals surface area contributed by atoms with E-state index < -0.39 is 10.8 Å². The predicted molar refractivity (Wildman–Crippen MR) is 89.0 cm³/mol. The van der Waals surface area contributed by atoms with E-state index >= 15 is 0 Å². The summed E-state index contributed by atoms with van der Waals surface area (Å²) >= 11 is 1.06. The topological polar surface area (TPSA) is 127 Å². The summed E-state index contributed by atoms with van der Waals surface area (Å²) < 4.78 is 0. The largest absolute Gasteiger partial charge is 0.366 e. The van der Waals surface area contributed by atoms with Gasteiger partial charge in [-0.15, -0.1) is 24.2 Å². The van der Waals surface area contributed by atoms with Crippen LogP contribution in [0.4, 0.5) is 5.69 Å². The summed E-state index contributed by atoms with van der Waals surface area (Å²) in [6.45, 7) is 1.61. The summed E-state index contributed by atoms with van der Waals surface area (Å²) in [5.41, 5.74) is 4.95. The normalized spacial score (nSPS) is 16.4. The average molecular weight is 361 g/mol. The highest BCUT2D eigenvalue weighted by molar-refractivity contribution is 8.00. The SMILES string of the molecule is Cl.NC(=O)c1ccc(SCC(=O)NC2CCNC2)c([N+](=O)[O-])c1. The monoisotopic (exact) mass is 360 g/mol. The molecule has 1 unspecified atom stereocenters. The Bertz CT molecular complexity index is 608. The molecule has 126 valence electrons. The van der Waals surface area contributed by atoms with Gasteiger partial charge in [-0.05, 0) is 25.1 Å². The summed E-state index contributed by atoms with van der Waals surface area (Å²) in [5.74, 6) is -0.828. The smallest absolute Gasteiger partial charge is 0.283 e. The van der Waals surface area contributed by atoms with E-state index in [1.165, 1.54) is 12.1 Å². The molecular formula is C13H17ClN4O4S. The fourth-order valence-electron chi connectivity index (χ4n) is 2.13. The van der Waals surface area contributed by atoms with Gasteiger partial charge in [0.1, 0.15) is 0 Å². The third-order valence-electron chi connectivity index (χ3n) is 3.22. The van der Waals surface area contributed by atoms with Gasteiger partial charge in [0.15, 0.2) is 0 Å². The molecule has 1 atom stereocenters. The Kier molecular flexibility index (Phi) is 7.27. The van der Waals surface area contributed by atoms with Gasteiger partial charge >= 0.3 is 0 Å². The number of carbonyl (C=O) groups is 2. The molecule has 1 heterocycles. The van der Waals surface area contributed by atoms with Gasteiger partial charge in [0.25, 0.3) is 5.69 Å². The van der Waals surface area contributed by atoms with Crippen LogP contribution in [0.15, 0.2) is 23.1 Å². The fourth-order valence-corrected chi connectivity index (χ4v) is 2.94. The first kappa shape index (κ1) is 19.2. The molecule has 0 aromatic heterocycles. The molecule has 10 heteroatoms. The maximum Gasteiger partial charge on any atom is 0.283 e. The molecule has 1 saturated heterocycles. The number of thioether (sulfide) groups is 1. The molecule has 1 aromatic carbocycles. The van der Waals surface area contributed by atoms with Crippen LogP contribution in [0.25, 0.3) is 0 Å². The molecule has 4 N–H and O–H groups in total. The molecule has 2 amide bonds. The van der Waals surface area contributed by atoms with Crippen LogP contribution in [0, 0.1) is 10.1 Å². The minimum Gasteiger partial charge on any atom is -0.366 e. The Labute approximate surface area is 143 Å². The zero-order valence-electron chi connectivity index (χ0n) is 12.1. The van der Waals surface area contributed by atoms with Gasteiger partial charge in [-0.3, -0.25) is 19.7 Å². The van der Waals surface area contributed by atoms with Crippen LogP contribution in [-0.2, 0) is 4.79 Å². The van der Waals surface area contributed by atoms with Crippen molar-refractivity contribution in [1.82, 2.24) is 10.6 Å². The van der Waals surface area contributed by atoms with Crippen molar-refractivity contribution in [2.45, 2.75) is 17.4 Å². The molecule has 0 bridgehead atoms. The van der Waals surface area contributed by atoms with Gasteiger partial charge in [-0.1, -0.05) is 0 Å². The number of primary amides is 1. The number of amides is 2. The Morgan fingerprint density at radius 3 is 2.78 bits per heavy atom. The molecule has 2 rings (SSSR count). The van der Waals surface area contributed by atoms with Gasteiger partial charge < -0.3 is 16.4 Å². The molecule has 8 nitrogen and oxygen atoms in total. The predicted octanol–water partition coefficient (Wildman–Crippen LogP) is 0.686. The van der Waals surface area contributed by atoms with Crippen molar-refractivity contribution in [3.63, 3.8) is 0 Å². The Morgan fingerprint density at radius 1 is 1.48 bits per heavy atom. The highest BCUT2D eigenvalue weighted by Crippen LogP contribution is 2.29. The molecule has 1 aliphatic rings. The van der Waals surface area contributed by atoms with E-state index in [0.717, 1.165) is 37.3 Å². The molecule has 23 heavy (non-hydrogen) atoms. The van der Waals surface area contributed by atoms with Crippen molar-refractivity contribution >= 4 is 41.7 Å². The van der Waals surface area contributed by atoms with Crippen LogP contribution in [-0.4, -0.2) is 41.6 Å². The quantitative estimate of drug-likeness (QED) is 0.389. The summed E-state index contributed by atoms with van der Waals surface area (Å²) in [7, 11) is 0. The van der Waals surface area contributed by atoms with E-state index in [1.807, 2.05) is 0 Å². The second kappa shape index (κ2) is 8.70. The number of benzene rings is 1. The van der Waals surface area contributed by atoms with Crippen molar-refractivity contribution in [1.29, 1.82) is 0 Å². The van der Waals surface area contributed by atoms with Crippen molar-refractivity contribution in [2.75, 3.05) is 18.8 Å². The molecule has 1 fully saturated rings. The van der Waals surface area contributed by atoms with E-state index in [4.69, 9.17) is 5.73 Å². The average Bonchev–Trinajstić information content (AvgIpc) is 2.97. The van der Waals surface area contributed by atoms with Gasteiger partial charge in [-0.25, -0.2) is 0 Å². The van der Waals surface area contributed by atoms with Crippen LogP contribution in [0.3, 0.4) is 0 Å². The zero-order valence-corrected chi connectivity index (χ0v) is 13.7. The van der Waals surface area contributed by atoms with Gasteiger partial charge in [0.2, 0.25) is 11.8 Å². The van der Waals surface area contributed by atoms with Crippen LogP contribution in [0.1, 0.15) is 16.8 Å². The minimum absolute atomic E-state index is 0. The van der Waals surface area contributed by atoms with E-state index in [1.54, 1.807) is 0 Å². The van der Waals surface area contributed by atoms with Crippen molar-refractivity contribution < 1.29 is 14.5 Å². The molecule has 0 aliphatic carbocycles. The lowest BCUT2D eigenvalue weighted by molar-refractivity contribution is -0.387. The molecular weight excluding hydrogens is 344 g/mol. The zero-order chi connectivity index (χ0) is 16.1. The first-order valence-corrected chi connectivity index (χ1v) is 7.67. The Morgan fingerprint density at radius 2 is 2.22 bits per heavy atom. The van der Waals surface area contributed by atoms with Crippen LogP contribution in [0.5, 0.6) is 0 Å². The van der Waals surface area contributed by atoms with E-state index in [0.29, 0.717) is 4.90 Å². The van der Waals surface area contributed by atoms with Crippen molar-refractivity contribution in [3.8, 4) is 0 Å². The van der Waals surface area contributed by atoms with E-state index in [-0.39, 0.29) is 41.4 Å². The number of nitro groups is 1. The Balaban J connectivity index is 0.00000264. The third-order valence-corrected chi connectivity index (χ3v) is 4.29. The highest BCUT2D eigenvalue weighted by atomic mass is 35.5. The second-order valence-corrected chi connectivity index (χ2v) is 5.87. The number of nitrogens with two attached hydrogens (primary N) is 1. The lowest BCUT2D eigenvalue weighted by atomic mass is 10.2. The molecule has 1 aromatic rings. The van der Waals surface area contributed by atoms with E-state index in [2.05, 4.69) is 10.6 Å². The number of halogens is 1. The molecule has 0 radical (unpaired) electrons. The lowest BCUT2D eigenvalue weighted by Crippen LogP contribution is -2.37. The maximum atomic E-state index is 11.8. The molecule has 0 spiro atoms. The Hall–Kier alpha value is -1.84. The highest BCUT2D eigenvalue weighted by Gasteiger charge is 2.20. The van der Waals surface area contributed by atoms with Gasteiger partial charge in [0, 0.05) is 24.2 Å². The van der Waals surface area contributed by atoms with Crippen molar-refractivity contribution in [3.05, 3.63) is 33.9 Å². The summed E-state index contributed by atoms with van der Waals surface area (Å²) in [6, 6.07) is 4.09. The van der Waals surface area contributed by atoms with Crippen molar-refractivity contribution in [2.24, 2.45) is 5.73 Å². The summed E-state index contributed by atoms with van der Waals surface area (Å²) in [6.07, 6.45) is 0.879. The minimum atomic E-state index is -0.730. The fraction of sp³-hybridized carbons (Fsp3) is 0.385. The molecule has 0 saturated carbocycles. The number of rotatable bonds is 6. The van der Waals surface area contributed by atoms with Crippen LogP contribution >= 0.6 is 24.2 Å². The second-order valence-electron chi connectivity index (χ2n) is 4.85. The summed E-state index contributed by atoms with van der Waals surface area (Å²) in [5, 5.41) is 17.1. The summed E-state index contributed by atoms with van der Waals surface area (Å²) in [4.78, 5) is 33.7. The number of nitrogens with one attached hydrogen (secondary N) is 2. The first-order valence-electron chi connectivity index (χ1n) is 6.68. The van der Waals surface area contributed by atoms with E-state index in [9.17, 15) is 19.7 Å².